The van der Waals surface area contributed by atoms with Crippen molar-refractivity contribution in [2.24, 2.45) is 0 Å². The third-order valence-corrected chi connectivity index (χ3v) is 19.2. The van der Waals surface area contributed by atoms with Crippen LogP contribution in [0.15, 0.2) is 328 Å². The first-order valence-electron chi connectivity index (χ1n) is 32.4. The molecule has 0 fully saturated rings. The van der Waals surface area contributed by atoms with Crippen LogP contribution in [0.1, 0.15) is 5.56 Å². The van der Waals surface area contributed by atoms with Crippen LogP contribution in [0.2, 0.25) is 0 Å². The highest BCUT2D eigenvalue weighted by molar-refractivity contribution is 6.15. The number of hydrogen-bond donors (Lipinski definition) is 0. The Morgan fingerprint density at radius 2 is 0.479 bits per heavy atom. The fraction of sp³-hybridized carbons (Fsp3) is 0. The lowest BCUT2D eigenvalue weighted by Crippen LogP contribution is -2.02. The van der Waals surface area contributed by atoms with E-state index in [1.165, 1.54) is 54.4 Å². The van der Waals surface area contributed by atoms with Crippen molar-refractivity contribution in [3.05, 3.63) is 333 Å². The summed E-state index contributed by atoms with van der Waals surface area (Å²) in [6.07, 6.45) is 0. The minimum Gasteiger partial charge on any atom is -0.309 e. The van der Waals surface area contributed by atoms with Crippen molar-refractivity contribution in [2.75, 3.05) is 0 Å². The summed E-state index contributed by atoms with van der Waals surface area (Å²) in [6.45, 7) is 0. The molecule has 0 atom stereocenters. The van der Waals surface area contributed by atoms with Crippen molar-refractivity contribution in [3.8, 4) is 96.4 Å². The summed E-state index contributed by atoms with van der Waals surface area (Å²) in [5.74, 6) is 1.64. The van der Waals surface area contributed by atoms with Gasteiger partial charge in [-0.3, -0.25) is 0 Å². The van der Waals surface area contributed by atoms with Crippen molar-refractivity contribution in [1.82, 2.24) is 33.2 Å². The minimum atomic E-state index is 0.544. The highest BCUT2D eigenvalue weighted by Crippen LogP contribution is 2.42. The molecule has 0 amide bonds. The molecule has 14 aromatic carbocycles. The molecule has 96 heavy (non-hydrogen) atoms. The molecule has 0 aliphatic heterocycles. The fourth-order valence-electron chi connectivity index (χ4n) is 14.8. The Labute approximate surface area is 552 Å². The second-order valence-electron chi connectivity index (χ2n) is 24.7. The maximum atomic E-state index is 9.75. The van der Waals surface area contributed by atoms with Gasteiger partial charge in [0.05, 0.1) is 55.8 Å². The van der Waals surface area contributed by atoms with Gasteiger partial charge in [-0.2, -0.15) is 5.26 Å². The molecule has 8 nitrogen and oxygen atoms in total. The van der Waals surface area contributed by atoms with Crippen molar-refractivity contribution < 1.29 is 0 Å². The van der Waals surface area contributed by atoms with Gasteiger partial charge < -0.3 is 18.3 Å². The highest BCUT2D eigenvalue weighted by Gasteiger charge is 2.21. The van der Waals surface area contributed by atoms with Crippen LogP contribution in [0.4, 0.5) is 0 Å². The average Bonchev–Trinajstić information content (AvgIpc) is 1.65. The van der Waals surface area contributed by atoms with E-state index in [2.05, 4.69) is 328 Å². The minimum absolute atomic E-state index is 0.544. The van der Waals surface area contributed by atoms with Crippen LogP contribution in [0.25, 0.3) is 178 Å². The van der Waals surface area contributed by atoms with E-state index < -0.39 is 0 Å². The molecule has 0 N–H and O–H groups in total. The van der Waals surface area contributed by atoms with Crippen LogP contribution in [0.3, 0.4) is 0 Å². The van der Waals surface area contributed by atoms with Gasteiger partial charge >= 0.3 is 0 Å². The number of rotatable bonds is 10. The van der Waals surface area contributed by atoms with Gasteiger partial charge in [0.2, 0.25) is 0 Å². The third kappa shape index (κ3) is 8.87. The summed E-state index contributed by atoms with van der Waals surface area (Å²) in [7, 11) is 0. The number of nitriles is 1. The first-order valence-corrected chi connectivity index (χ1v) is 32.4. The van der Waals surface area contributed by atoms with Crippen LogP contribution in [-0.4, -0.2) is 33.2 Å². The van der Waals surface area contributed by atoms with Crippen molar-refractivity contribution >= 4 is 87.2 Å². The van der Waals surface area contributed by atoms with Gasteiger partial charge in [-0.05, 0) is 167 Å². The molecule has 0 aliphatic carbocycles. The van der Waals surface area contributed by atoms with Gasteiger partial charge in [0.25, 0.3) is 0 Å². The third-order valence-electron chi connectivity index (χ3n) is 19.2. The Balaban J connectivity index is 0.719. The molecule has 0 bridgehead atoms. The number of nitrogens with zero attached hydrogens (tertiary/aromatic N) is 8. The van der Waals surface area contributed by atoms with Crippen LogP contribution < -0.4 is 0 Å². The molecule has 0 saturated carbocycles. The van der Waals surface area contributed by atoms with E-state index in [4.69, 9.17) is 15.0 Å². The van der Waals surface area contributed by atoms with Crippen molar-refractivity contribution in [1.29, 1.82) is 5.26 Å². The lowest BCUT2D eigenvalue weighted by molar-refractivity contribution is 1.07. The van der Waals surface area contributed by atoms with Gasteiger partial charge in [-0.25, -0.2) is 15.0 Å². The molecule has 8 heteroatoms. The van der Waals surface area contributed by atoms with E-state index in [-0.39, 0.29) is 0 Å². The SMILES string of the molecule is N#Cc1cccc(-c2ccc(-c3nc(-c4cccc(-n5c6ccccc6c6cc(-c7ccc8c(c7)c7ccccc7n8-c7ccccc7)ccc65)c4)nc(-c4cccc(-n5c6ccccc6c6cc(-c7ccc8c(c7)c7ccccc7n8-c7ccccc7)ccc65)c4)n3)cc2)c1. The second kappa shape index (κ2) is 22.0. The average molecular weight is 1220 g/mol. The number of para-hydroxylation sites is 6. The van der Waals surface area contributed by atoms with Crippen molar-refractivity contribution in [3.63, 3.8) is 0 Å². The Bertz CT molecular complexity index is 6060. The predicted octanol–water partition coefficient (Wildman–Crippen LogP) is 22.1. The van der Waals surface area contributed by atoms with Crippen LogP contribution >= 0.6 is 0 Å². The van der Waals surface area contributed by atoms with Crippen molar-refractivity contribution in [2.45, 2.75) is 0 Å². The van der Waals surface area contributed by atoms with E-state index in [1.54, 1.807) is 0 Å². The molecule has 5 heterocycles. The van der Waals surface area contributed by atoms with Gasteiger partial charge in [-0.15, -0.1) is 0 Å². The Kier molecular flexibility index (Phi) is 12.5. The molecule has 5 aromatic heterocycles. The first-order chi connectivity index (χ1) is 47.5. The summed E-state index contributed by atoms with van der Waals surface area (Å²) >= 11 is 0. The molecule has 0 spiro atoms. The summed E-state index contributed by atoms with van der Waals surface area (Å²) in [5.41, 5.74) is 23.1. The number of aromatic nitrogens is 7. The zero-order chi connectivity index (χ0) is 63.4. The molecular weight excluding hydrogens is 1170 g/mol. The van der Waals surface area contributed by atoms with Gasteiger partial charge in [0, 0.05) is 82.5 Å². The molecule has 0 radical (unpaired) electrons. The predicted molar refractivity (Wildman–Crippen MR) is 395 cm³/mol. The second-order valence-corrected chi connectivity index (χ2v) is 24.7. The van der Waals surface area contributed by atoms with E-state index in [1.807, 2.05) is 24.3 Å². The van der Waals surface area contributed by atoms with Gasteiger partial charge in [-0.1, -0.05) is 194 Å². The van der Waals surface area contributed by atoms with Gasteiger partial charge in [0.1, 0.15) is 0 Å². The van der Waals surface area contributed by atoms with E-state index in [0.717, 1.165) is 106 Å². The maximum absolute atomic E-state index is 9.75. The molecule has 19 rings (SSSR count). The molecular formula is C88H54N8. The van der Waals surface area contributed by atoms with E-state index >= 15 is 0 Å². The Morgan fingerprint density at radius 1 is 0.198 bits per heavy atom. The molecule has 0 aliphatic rings. The van der Waals surface area contributed by atoms with Crippen LogP contribution in [-0.2, 0) is 0 Å². The Morgan fingerprint density at radius 3 is 0.865 bits per heavy atom. The lowest BCUT2D eigenvalue weighted by atomic mass is 10.0. The largest absolute Gasteiger partial charge is 0.309 e. The topological polar surface area (TPSA) is 82.2 Å². The van der Waals surface area contributed by atoms with Crippen LogP contribution in [0.5, 0.6) is 0 Å². The summed E-state index contributed by atoms with van der Waals surface area (Å²) in [5, 5.41) is 19.3. The molecule has 19 aromatic rings. The standard InChI is InChI=1S/C88H54N8/c89-55-56-18-15-19-59(48-56)57-36-38-58(39-37-57)86-90-87(64-20-16-26-68(49-64)95-80-34-13-9-30-72(80)76-53-62(42-46-84(76)95)60-40-44-82-74(51-60)70-28-7-11-32-78(70)93(82)66-22-3-1-4-23-66)92-88(91-86)65-21-17-27-69(50-65)96-81-35-14-10-31-73(81)77-54-63(43-47-85(77)96)61-41-45-83-75(52-61)71-29-8-12-33-79(71)94(83)67-24-5-2-6-25-67/h1-54H. The molecule has 0 unspecified atom stereocenters. The fourth-order valence-corrected chi connectivity index (χ4v) is 14.8. The zero-order valence-electron chi connectivity index (χ0n) is 51.8. The maximum Gasteiger partial charge on any atom is 0.164 e. The van der Waals surface area contributed by atoms with E-state index in [0.29, 0.717) is 23.0 Å². The Hall–Kier alpha value is -13.2. The highest BCUT2D eigenvalue weighted by atomic mass is 15.0. The van der Waals surface area contributed by atoms with Crippen LogP contribution in [0, 0.1) is 11.3 Å². The number of benzene rings is 14. The van der Waals surface area contributed by atoms with Gasteiger partial charge in [0.15, 0.2) is 17.5 Å². The lowest BCUT2D eigenvalue weighted by Gasteiger charge is -2.13. The number of hydrogen-bond acceptors (Lipinski definition) is 4. The van der Waals surface area contributed by atoms with E-state index in [9.17, 15) is 5.26 Å². The quantitative estimate of drug-likeness (QED) is 0.137. The summed E-state index contributed by atoms with van der Waals surface area (Å²) in [4.78, 5) is 16.1. The number of fused-ring (bicyclic) bond motifs is 12. The molecule has 446 valence electrons. The monoisotopic (exact) mass is 1220 g/mol. The smallest absolute Gasteiger partial charge is 0.164 e. The molecule has 0 saturated heterocycles. The first kappa shape index (κ1) is 54.5. The zero-order valence-corrected chi connectivity index (χ0v) is 51.8. The normalized spacial score (nSPS) is 11.7. The summed E-state index contributed by atoms with van der Waals surface area (Å²) < 4.78 is 9.45. The summed E-state index contributed by atoms with van der Waals surface area (Å²) in [6, 6.07) is 119.